The van der Waals surface area contributed by atoms with Crippen LogP contribution in [0.25, 0.3) is 0 Å². The number of aliphatic imine (C=N–C) groups is 2. The summed E-state index contributed by atoms with van der Waals surface area (Å²) >= 11 is 0. The number of Topliss-reactive ketones (excluding diaryl/α,β-unsaturated/α-hetero) is 1. The molecule has 0 aliphatic carbocycles. The third-order valence-corrected chi connectivity index (χ3v) is 2.11. The van der Waals surface area contributed by atoms with Crippen molar-refractivity contribution in [3.05, 3.63) is 24.6 Å². The number of rotatable bonds is 2. The molecule has 2 atom stereocenters. The molecule has 2 N–H and O–H groups in total. The molecule has 84 valence electrons. The van der Waals surface area contributed by atoms with Crippen molar-refractivity contribution in [3.63, 3.8) is 0 Å². The van der Waals surface area contributed by atoms with Gasteiger partial charge in [0.2, 0.25) is 18.1 Å². The van der Waals surface area contributed by atoms with Crippen LogP contribution >= 0.6 is 0 Å². The van der Waals surface area contributed by atoms with E-state index in [-0.39, 0.29) is 0 Å². The molecule has 0 aromatic heterocycles. The van der Waals surface area contributed by atoms with E-state index in [4.69, 9.17) is 0 Å². The maximum atomic E-state index is 11.9. The van der Waals surface area contributed by atoms with Gasteiger partial charge in [-0.05, 0) is 12.2 Å². The van der Waals surface area contributed by atoms with E-state index < -0.39 is 18.1 Å². The third-order valence-electron chi connectivity index (χ3n) is 2.11. The van der Waals surface area contributed by atoms with Crippen LogP contribution in [0.3, 0.4) is 0 Å². The summed E-state index contributed by atoms with van der Waals surface area (Å²) in [5.74, 6) is -0.522. The van der Waals surface area contributed by atoms with Crippen molar-refractivity contribution in [2.75, 3.05) is 0 Å². The van der Waals surface area contributed by atoms with E-state index in [0.29, 0.717) is 10.1 Å². The SMILES string of the molecule is O=C(C1N=CC=CN1O)C1N=CC=CN1O. The van der Waals surface area contributed by atoms with Crippen LogP contribution in [0, 0.1) is 0 Å². The lowest BCUT2D eigenvalue weighted by Gasteiger charge is -2.27. The fourth-order valence-electron chi connectivity index (χ4n) is 1.36. The minimum atomic E-state index is -1.08. The van der Waals surface area contributed by atoms with Crippen molar-refractivity contribution in [3.8, 4) is 0 Å². The summed E-state index contributed by atoms with van der Waals surface area (Å²) < 4.78 is 0. The maximum absolute atomic E-state index is 11.9. The lowest BCUT2D eigenvalue weighted by atomic mass is 10.2. The van der Waals surface area contributed by atoms with Crippen molar-refractivity contribution in [2.45, 2.75) is 12.3 Å². The first kappa shape index (κ1) is 10.5. The van der Waals surface area contributed by atoms with Gasteiger partial charge in [-0.25, -0.2) is 10.1 Å². The highest BCUT2D eigenvalue weighted by atomic mass is 16.5. The van der Waals surface area contributed by atoms with Gasteiger partial charge in [-0.3, -0.25) is 25.2 Å². The largest absolute Gasteiger partial charge is 0.290 e. The molecular formula is C9H10N4O3. The molecule has 2 heterocycles. The predicted octanol–water partition coefficient (Wildman–Crippen LogP) is -0.214. The first-order valence-electron chi connectivity index (χ1n) is 4.58. The van der Waals surface area contributed by atoms with Crippen molar-refractivity contribution in [1.82, 2.24) is 10.1 Å². The van der Waals surface area contributed by atoms with Crippen molar-refractivity contribution in [1.29, 1.82) is 0 Å². The Morgan fingerprint density at radius 2 is 1.44 bits per heavy atom. The Morgan fingerprint density at radius 1 is 1.00 bits per heavy atom. The second kappa shape index (κ2) is 4.25. The minimum Gasteiger partial charge on any atom is -0.290 e. The molecule has 0 aromatic rings. The number of ketones is 1. The van der Waals surface area contributed by atoms with E-state index in [9.17, 15) is 15.2 Å². The molecule has 7 nitrogen and oxygen atoms in total. The number of hydrogen-bond acceptors (Lipinski definition) is 7. The van der Waals surface area contributed by atoms with Gasteiger partial charge in [0.05, 0.1) is 0 Å². The fourth-order valence-corrected chi connectivity index (χ4v) is 1.36. The number of carbonyl (C=O) groups is 1. The van der Waals surface area contributed by atoms with Crippen molar-refractivity contribution in [2.24, 2.45) is 9.98 Å². The Balaban J connectivity index is 2.13. The molecular weight excluding hydrogens is 212 g/mol. The molecule has 2 aliphatic rings. The minimum absolute atomic E-state index is 0.522. The Labute approximate surface area is 91.2 Å². The van der Waals surface area contributed by atoms with Gasteiger partial charge >= 0.3 is 0 Å². The van der Waals surface area contributed by atoms with E-state index in [2.05, 4.69) is 9.98 Å². The number of hydroxylamine groups is 4. The molecule has 2 aliphatic heterocycles. The Bertz CT molecular complexity index is 366. The molecule has 0 saturated carbocycles. The molecule has 2 unspecified atom stereocenters. The average molecular weight is 222 g/mol. The second-order valence-electron chi connectivity index (χ2n) is 3.19. The molecule has 0 amide bonds. The van der Waals surface area contributed by atoms with Crippen LogP contribution in [0.5, 0.6) is 0 Å². The van der Waals surface area contributed by atoms with Gasteiger partial charge in [0.1, 0.15) is 0 Å². The zero-order valence-electron chi connectivity index (χ0n) is 8.21. The molecule has 16 heavy (non-hydrogen) atoms. The lowest BCUT2D eigenvalue weighted by molar-refractivity contribution is -0.155. The van der Waals surface area contributed by atoms with Gasteiger partial charge in [0, 0.05) is 24.8 Å². The summed E-state index contributed by atoms with van der Waals surface area (Å²) in [6, 6.07) is 0. The summed E-state index contributed by atoms with van der Waals surface area (Å²) in [4.78, 5) is 19.5. The van der Waals surface area contributed by atoms with Gasteiger partial charge < -0.3 is 0 Å². The van der Waals surface area contributed by atoms with Gasteiger partial charge in [-0.2, -0.15) is 0 Å². The van der Waals surface area contributed by atoms with Crippen LogP contribution in [0.4, 0.5) is 0 Å². The van der Waals surface area contributed by atoms with E-state index in [1.807, 2.05) is 0 Å². The highest BCUT2D eigenvalue weighted by Gasteiger charge is 2.33. The van der Waals surface area contributed by atoms with E-state index >= 15 is 0 Å². The zero-order valence-corrected chi connectivity index (χ0v) is 8.21. The Kier molecular flexibility index (Phi) is 2.80. The normalized spacial score (nSPS) is 27.6. The molecule has 2 rings (SSSR count). The van der Waals surface area contributed by atoms with E-state index in [0.717, 1.165) is 0 Å². The second-order valence-corrected chi connectivity index (χ2v) is 3.19. The predicted molar refractivity (Wildman–Crippen MR) is 55.1 cm³/mol. The van der Waals surface area contributed by atoms with Crippen LogP contribution in [-0.2, 0) is 4.79 Å². The molecule has 0 bridgehead atoms. The molecule has 7 heteroatoms. The summed E-state index contributed by atoms with van der Waals surface area (Å²) in [7, 11) is 0. The highest BCUT2D eigenvalue weighted by Crippen LogP contribution is 2.12. The quantitative estimate of drug-likeness (QED) is 0.674. The summed E-state index contributed by atoms with van der Waals surface area (Å²) in [6.07, 6.45) is 6.24. The average Bonchev–Trinajstić information content (AvgIpc) is 2.29. The highest BCUT2D eigenvalue weighted by molar-refractivity contribution is 5.92. The molecule has 0 fully saturated rings. The van der Waals surface area contributed by atoms with Crippen molar-refractivity contribution < 1.29 is 15.2 Å². The number of allylic oxidation sites excluding steroid dienone is 2. The van der Waals surface area contributed by atoms with Crippen LogP contribution in [-0.4, -0.2) is 51.1 Å². The standard InChI is InChI=1S/C9H10N4O3/c14-7(8-10-3-1-5-12(8)15)9-11-4-2-6-13(9)16/h1-6,8-9,15-16H. The number of carbonyl (C=O) groups excluding carboxylic acids is 1. The molecule has 0 aromatic carbocycles. The lowest BCUT2D eigenvalue weighted by Crippen LogP contribution is -2.46. The van der Waals surface area contributed by atoms with E-state index in [1.54, 1.807) is 0 Å². The van der Waals surface area contributed by atoms with Crippen LogP contribution in [0.1, 0.15) is 0 Å². The Hall–Kier alpha value is -1.99. The number of nitrogens with zero attached hydrogens (tertiary/aromatic N) is 4. The smallest absolute Gasteiger partial charge is 0.226 e. The first-order chi connectivity index (χ1) is 7.70. The molecule has 0 spiro atoms. The maximum Gasteiger partial charge on any atom is 0.226 e. The fraction of sp³-hybridized carbons (Fsp3) is 0.222. The van der Waals surface area contributed by atoms with Gasteiger partial charge in [-0.15, -0.1) is 0 Å². The van der Waals surface area contributed by atoms with Gasteiger partial charge in [0.15, 0.2) is 0 Å². The van der Waals surface area contributed by atoms with Crippen LogP contribution < -0.4 is 0 Å². The molecule has 0 saturated heterocycles. The zero-order chi connectivity index (χ0) is 11.5. The molecule has 0 radical (unpaired) electrons. The Morgan fingerprint density at radius 3 is 1.81 bits per heavy atom. The van der Waals surface area contributed by atoms with Crippen LogP contribution in [0.2, 0.25) is 0 Å². The van der Waals surface area contributed by atoms with Gasteiger partial charge in [0.25, 0.3) is 0 Å². The van der Waals surface area contributed by atoms with Crippen LogP contribution in [0.15, 0.2) is 34.5 Å². The topological polar surface area (TPSA) is 88.7 Å². The number of hydrogen-bond donors (Lipinski definition) is 2. The summed E-state index contributed by atoms with van der Waals surface area (Å²) in [5.41, 5.74) is 0. The summed E-state index contributed by atoms with van der Waals surface area (Å²) in [6.45, 7) is 0. The monoisotopic (exact) mass is 222 g/mol. The first-order valence-corrected chi connectivity index (χ1v) is 4.58. The van der Waals surface area contributed by atoms with E-state index in [1.165, 1.54) is 37.0 Å². The van der Waals surface area contributed by atoms with Gasteiger partial charge in [-0.1, -0.05) is 0 Å². The summed E-state index contributed by atoms with van der Waals surface area (Å²) in [5, 5.41) is 20.1. The van der Waals surface area contributed by atoms with Crippen molar-refractivity contribution >= 4 is 18.2 Å². The third kappa shape index (κ3) is 1.86.